The molecule has 0 saturated heterocycles. The quantitative estimate of drug-likeness (QED) is 0.300. The van der Waals surface area contributed by atoms with Crippen molar-refractivity contribution in [2.24, 2.45) is 0 Å². The molecule has 0 unspecified atom stereocenters. The van der Waals surface area contributed by atoms with Gasteiger partial charge in [-0.1, -0.05) is 60.7 Å². The molecular weight excluding hydrogens is 544 g/mol. The van der Waals surface area contributed by atoms with E-state index in [9.17, 15) is 19.5 Å². The lowest BCUT2D eigenvalue weighted by Crippen LogP contribution is -2.45. The van der Waals surface area contributed by atoms with E-state index < -0.39 is 29.8 Å². The van der Waals surface area contributed by atoms with Crippen LogP contribution in [0.1, 0.15) is 43.4 Å². The van der Waals surface area contributed by atoms with E-state index in [-0.39, 0.29) is 32.6 Å². The standard InChI is InChI=1S/C31H34N2O7.H2S/c1-31(2,3)40-29(36)32-17-16-20-12-14-21(15-13-20)38-19-27(28(34)35)33-30(37)39-18-26-24-10-6-4-8-22(24)23-9-5-7-11-25(23)26;/h4-15,26-27H,16-19H2,1-3H3,(H,32,36)(H,33,37)(H,34,35);1H2/t27-;/m0./s1. The first-order chi connectivity index (χ1) is 19.1. The van der Waals surface area contributed by atoms with E-state index in [1.807, 2.05) is 60.7 Å². The Bertz CT molecular complexity index is 1310. The molecule has 2 amide bonds. The van der Waals surface area contributed by atoms with Crippen LogP contribution in [0.2, 0.25) is 0 Å². The van der Waals surface area contributed by atoms with Crippen molar-refractivity contribution in [2.45, 2.75) is 44.8 Å². The predicted octanol–water partition coefficient (Wildman–Crippen LogP) is 5.24. The van der Waals surface area contributed by atoms with Gasteiger partial charge in [0.1, 0.15) is 24.6 Å². The van der Waals surface area contributed by atoms with Gasteiger partial charge >= 0.3 is 18.2 Å². The fourth-order valence-corrected chi connectivity index (χ4v) is 4.51. The summed E-state index contributed by atoms with van der Waals surface area (Å²) in [6.45, 7) is 5.60. The highest BCUT2D eigenvalue weighted by Gasteiger charge is 2.30. The van der Waals surface area contributed by atoms with Crippen LogP contribution in [0.3, 0.4) is 0 Å². The summed E-state index contributed by atoms with van der Waals surface area (Å²) < 4.78 is 16.3. The normalized spacial score (nSPS) is 12.7. The first kappa shape index (κ1) is 31.3. The highest BCUT2D eigenvalue weighted by molar-refractivity contribution is 7.59. The second kappa shape index (κ2) is 13.9. The molecule has 41 heavy (non-hydrogen) atoms. The van der Waals surface area contributed by atoms with Gasteiger partial charge in [-0.05, 0) is 67.1 Å². The number of rotatable bonds is 10. The SMILES string of the molecule is CC(C)(C)OC(=O)NCCc1ccc(OC[C@H](NC(=O)OCC2c3ccccc3-c3ccccc32)C(=O)O)cc1.S. The summed E-state index contributed by atoms with van der Waals surface area (Å²) in [6.07, 6.45) is -0.720. The summed E-state index contributed by atoms with van der Waals surface area (Å²) in [5.74, 6) is -0.918. The number of aliphatic carboxylic acids is 1. The van der Waals surface area contributed by atoms with Crippen molar-refractivity contribution in [3.63, 3.8) is 0 Å². The Kier molecular flexibility index (Phi) is 10.7. The molecule has 0 aliphatic heterocycles. The summed E-state index contributed by atoms with van der Waals surface area (Å²) in [5.41, 5.74) is 4.74. The number of amides is 2. The largest absolute Gasteiger partial charge is 0.491 e. The number of carboxylic acids is 1. The van der Waals surface area contributed by atoms with Gasteiger partial charge in [0.25, 0.3) is 0 Å². The molecule has 0 bridgehead atoms. The van der Waals surface area contributed by atoms with Crippen molar-refractivity contribution < 1.29 is 33.7 Å². The van der Waals surface area contributed by atoms with Crippen LogP contribution in [-0.2, 0) is 20.7 Å². The van der Waals surface area contributed by atoms with Crippen molar-refractivity contribution in [2.75, 3.05) is 19.8 Å². The molecule has 3 aromatic carbocycles. The zero-order valence-corrected chi connectivity index (χ0v) is 24.3. The van der Waals surface area contributed by atoms with E-state index in [0.29, 0.717) is 18.7 Å². The maximum absolute atomic E-state index is 12.5. The summed E-state index contributed by atoms with van der Waals surface area (Å²) in [7, 11) is 0. The van der Waals surface area contributed by atoms with Crippen LogP contribution < -0.4 is 15.4 Å². The molecule has 9 nitrogen and oxygen atoms in total. The monoisotopic (exact) mass is 580 g/mol. The molecule has 3 aromatic rings. The van der Waals surface area contributed by atoms with Crippen LogP contribution in [0.4, 0.5) is 9.59 Å². The van der Waals surface area contributed by atoms with Gasteiger partial charge in [-0.15, -0.1) is 0 Å². The van der Waals surface area contributed by atoms with E-state index in [2.05, 4.69) is 10.6 Å². The Morgan fingerprint density at radius 2 is 1.46 bits per heavy atom. The number of hydrogen-bond acceptors (Lipinski definition) is 6. The Morgan fingerprint density at radius 3 is 2.02 bits per heavy atom. The van der Waals surface area contributed by atoms with Crippen LogP contribution in [0.25, 0.3) is 11.1 Å². The third-order valence-electron chi connectivity index (χ3n) is 6.36. The van der Waals surface area contributed by atoms with Crippen molar-refractivity contribution in [3.05, 3.63) is 89.5 Å². The topological polar surface area (TPSA) is 123 Å². The highest BCUT2D eigenvalue weighted by Crippen LogP contribution is 2.44. The fourth-order valence-electron chi connectivity index (χ4n) is 4.51. The molecule has 218 valence electrons. The summed E-state index contributed by atoms with van der Waals surface area (Å²) in [4.78, 5) is 36.0. The Labute approximate surface area is 246 Å². The van der Waals surface area contributed by atoms with Gasteiger partial charge in [0.05, 0.1) is 0 Å². The van der Waals surface area contributed by atoms with E-state index in [4.69, 9.17) is 14.2 Å². The van der Waals surface area contributed by atoms with E-state index in [1.165, 1.54) is 0 Å². The lowest BCUT2D eigenvalue weighted by Gasteiger charge is -2.19. The molecule has 0 aromatic heterocycles. The Morgan fingerprint density at radius 1 is 0.878 bits per heavy atom. The number of ether oxygens (including phenoxy) is 3. The van der Waals surface area contributed by atoms with Crippen LogP contribution in [0, 0.1) is 0 Å². The molecule has 0 spiro atoms. The zero-order chi connectivity index (χ0) is 28.7. The number of alkyl carbamates (subject to hydrolysis) is 2. The molecule has 0 radical (unpaired) electrons. The molecule has 10 heteroatoms. The third kappa shape index (κ3) is 8.65. The second-order valence-corrected chi connectivity index (χ2v) is 10.5. The molecule has 4 rings (SSSR count). The van der Waals surface area contributed by atoms with E-state index in [1.54, 1.807) is 32.9 Å². The number of benzene rings is 3. The van der Waals surface area contributed by atoms with Crippen molar-refractivity contribution in [3.8, 4) is 16.9 Å². The summed E-state index contributed by atoms with van der Waals surface area (Å²) in [5, 5.41) is 14.7. The van der Waals surface area contributed by atoms with Crippen LogP contribution >= 0.6 is 13.5 Å². The third-order valence-corrected chi connectivity index (χ3v) is 6.36. The maximum atomic E-state index is 12.5. The predicted molar refractivity (Wildman–Crippen MR) is 160 cm³/mol. The number of carbonyl (C=O) groups is 3. The van der Waals surface area contributed by atoms with Crippen molar-refractivity contribution in [1.82, 2.24) is 10.6 Å². The number of nitrogens with one attached hydrogen (secondary N) is 2. The van der Waals surface area contributed by atoms with Gasteiger partial charge in [-0.3, -0.25) is 0 Å². The first-order valence-corrected chi connectivity index (χ1v) is 13.1. The summed E-state index contributed by atoms with van der Waals surface area (Å²) >= 11 is 0. The number of carboxylic acid groups (broad SMARTS) is 1. The second-order valence-electron chi connectivity index (χ2n) is 10.5. The van der Waals surface area contributed by atoms with Gasteiger partial charge in [0.2, 0.25) is 0 Å². The summed E-state index contributed by atoms with van der Waals surface area (Å²) in [6, 6.07) is 21.7. The Hall–Kier alpha value is -4.18. The lowest BCUT2D eigenvalue weighted by atomic mass is 9.98. The van der Waals surface area contributed by atoms with E-state index in [0.717, 1.165) is 27.8 Å². The number of carbonyl (C=O) groups excluding carboxylic acids is 2. The maximum Gasteiger partial charge on any atom is 0.407 e. The van der Waals surface area contributed by atoms with Gasteiger partial charge < -0.3 is 30.0 Å². The van der Waals surface area contributed by atoms with Gasteiger partial charge in [-0.2, -0.15) is 13.5 Å². The first-order valence-electron chi connectivity index (χ1n) is 13.1. The van der Waals surface area contributed by atoms with E-state index >= 15 is 0 Å². The minimum atomic E-state index is -1.30. The minimum Gasteiger partial charge on any atom is -0.491 e. The van der Waals surface area contributed by atoms with Crippen molar-refractivity contribution in [1.29, 1.82) is 0 Å². The van der Waals surface area contributed by atoms with Gasteiger partial charge in [-0.25, -0.2) is 14.4 Å². The average molecular weight is 581 g/mol. The Balaban J connectivity index is 0.00000462. The highest BCUT2D eigenvalue weighted by atomic mass is 32.1. The van der Waals surface area contributed by atoms with Crippen LogP contribution in [0.5, 0.6) is 5.75 Å². The molecule has 1 aliphatic carbocycles. The average Bonchev–Trinajstić information content (AvgIpc) is 3.23. The minimum absolute atomic E-state index is 0. The molecule has 3 N–H and O–H groups in total. The molecule has 0 fully saturated rings. The smallest absolute Gasteiger partial charge is 0.407 e. The lowest BCUT2D eigenvalue weighted by molar-refractivity contribution is -0.140. The zero-order valence-electron chi connectivity index (χ0n) is 23.3. The fraction of sp³-hybridized carbons (Fsp3) is 0.323. The number of fused-ring (bicyclic) bond motifs is 3. The molecule has 1 atom stereocenters. The van der Waals surface area contributed by atoms with Gasteiger partial charge in [0.15, 0.2) is 6.04 Å². The van der Waals surface area contributed by atoms with Gasteiger partial charge in [0, 0.05) is 12.5 Å². The van der Waals surface area contributed by atoms with Crippen LogP contribution in [0.15, 0.2) is 72.8 Å². The van der Waals surface area contributed by atoms with Crippen LogP contribution in [-0.4, -0.2) is 54.7 Å². The molecule has 1 aliphatic rings. The molecule has 0 heterocycles. The molecule has 0 saturated carbocycles. The molecular formula is C31H36N2O7S. The number of hydrogen-bond donors (Lipinski definition) is 3. The van der Waals surface area contributed by atoms with Crippen molar-refractivity contribution >= 4 is 31.7 Å².